The second-order valence-electron chi connectivity index (χ2n) is 9.69. The van der Waals surface area contributed by atoms with Crippen LogP contribution in [0.4, 0.5) is 5.69 Å². The Labute approximate surface area is 205 Å². The molecule has 182 valence electrons. The van der Waals surface area contributed by atoms with Crippen LogP contribution in [0.1, 0.15) is 47.2 Å². The standard InChI is InChI=1S/C28H31N3O4/c1-18-7-5-8-19(2)25(18)35-22-13-15-30(16-14-22)27(33)20-9-6-10-21(17-20)31-28(34)24-12-4-3-11-23(24)26(32)29-31/h3-10,17,22-24H,11-16H2,1-2H3,(H,29,32). The monoisotopic (exact) mass is 473 g/mol. The van der Waals surface area contributed by atoms with Gasteiger partial charge < -0.3 is 9.64 Å². The first-order valence-corrected chi connectivity index (χ1v) is 12.3. The van der Waals surface area contributed by atoms with Gasteiger partial charge in [0.05, 0.1) is 17.5 Å². The predicted octanol–water partition coefficient (Wildman–Crippen LogP) is 3.95. The van der Waals surface area contributed by atoms with Crippen LogP contribution in [0.15, 0.2) is 54.6 Å². The molecular formula is C28H31N3O4. The number of nitrogens with zero attached hydrogens (tertiary/aromatic N) is 2. The van der Waals surface area contributed by atoms with Crippen molar-refractivity contribution >= 4 is 23.4 Å². The van der Waals surface area contributed by atoms with Crippen molar-refractivity contribution in [3.8, 4) is 5.75 Å². The van der Waals surface area contributed by atoms with E-state index >= 15 is 0 Å². The maximum Gasteiger partial charge on any atom is 0.253 e. The summed E-state index contributed by atoms with van der Waals surface area (Å²) in [4.78, 5) is 40.8. The van der Waals surface area contributed by atoms with Gasteiger partial charge in [0, 0.05) is 31.5 Å². The minimum Gasteiger partial charge on any atom is -0.490 e. The Hall–Kier alpha value is -3.61. The Morgan fingerprint density at radius 3 is 2.31 bits per heavy atom. The van der Waals surface area contributed by atoms with Gasteiger partial charge in [-0.25, -0.2) is 5.01 Å². The highest BCUT2D eigenvalue weighted by Crippen LogP contribution is 2.33. The normalized spacial score (nSPS) is 22.6. The number of piperidine rings is 1. The van der Waals surface area contributed by atoms with Crippen molar-refractivity contribution in [1.82, 2.24) is 10.3 Å². The largest absolute Gasteiger partial charge is 0.490 e. The molecule has 0 aromatic heterocycles. The number of hydrogen-bond donors (Lipinski definition) is 1. The molecule has 2 saturated heterocycles. The highest BCUT2D eigenvalue weighted by atomic mass is 16.5. The molecule has 2 heterocycles. The lowest BCUT2D eigenvalue weighted by Crippen LogP contribution is -2.59. The summed E-state index contributed by atoms with van der Waals surface area (Å²) in [6.07, 6.45) is 6.65. The summed E-state index contributed by atoms with van der Waals surface area (Å²) in [5, 5.41) is 1.31. The summed E-state index contributed by atoms with van der Waals surface area (Å²) in [5.74, 6) is -0.0974. The molecule has 3 aliphatic rings. The van der Waals surface area contributed by atoms with Crippen LogP contribution in [0.2, 0.25) is 0 Å². The van der Waals surface area contributed by atoms with Gasteiger partial charge in [0.25, 0.3) is 5.91 Å². The van der Waals surface area contributed by atoms with Gasteiger partial charge in [-0.15, -0.1) is 0 Å². The molecule has 0 bridgehead atoms. The SMILES string of the molecule is Cc1cccc(C)c1OC1CCN(C(=O)c2cccc(N3NC(=O)C4CC=CCC4C3=O)c2)CC1. The summed E-state index contributed by atoms with van der Waals surface area (Å²) >= 11 is 0. The van der Waals surface area contributed by atoms with E-state index in [1.165, 1.54) is 5.01 Å². The molecule has 2 aliphatic heterocycles. The van der Waals surface area contributed by atoms with E-state index in [9.17, 15) is 14.4 Å². The Kier molecular flexibility index (Phi) is 6.32. The fourth-order valence-electron chi connectivity index (χ4n) is 5.27. The van der Waals surface area contributed by atoms with Gasteiger partial charge in [-0.2, -0.15) is 0 Å². The number of nitrogens with one attached hydrogen (secondary N) is 1. The van der Waals surface area contributed by atoms with Crippen LogP contribution in [0.3, 0.4) is 0 Å². The Morgan fingerprint density at radius 1 is 0.943 bits per heavy atom. The molecule has 0 radical (unpaired) electrons. The first kappa shape index (κ1) is 23.1. The number of hydrogen-bond acceptors (Lipinski definition) is 4. The number of fused-ring (bicyclic) bond motifs is 1. The number of anilines is 1. The van der Waals surface area contributed by atoms with Crippen molar-refractivity contribution in [1.29, 1.82) is 0 Å². The second-order valence-corrected chi connectivity index (χ2v) is 9.69. The van der Waals surface area contributed by atoms with Gasteiger partial charge in [0.1, 0.15) is 11.9 Å². The third-order valence-corrected chi connectivity index (χ3v) is 7.30. The Morgan fingerprint density at radius 2 is 1.60 bits per heavy atom. The average Bonchev–Trinajstić information content (AvgIpc) is 2.88. The molecule has 0 spiro atoms. The molecular weight excluding hydrogens is 442 g/mol. The zero-order valence-electron chi connectivity index (χ0n) is 20.2. The van der Waals surface area contributed by atoms with Gasteiger partial charge in [-0.05, 0) is 56.0 Å². The number of para-hydroxylation sites is 1. The van der Waals surface area contributed by atoms with E-state index in [4.69, 9.17) is 4.74 Å². The lowest BCUT2D eigenvalue weighted by molar-refractivity contribution is -0.139. The maximum absolute atomic E-state index is 13.3. The lowest BCUT2D eigenvalue weighted by Gasteiger charge is -2.38. The van der Waals surface area contributed by atoms with Crippen LogP contribution in [0, 0.1) is 25.7 Å². The number of allylic oxidation sites excluding steroid dienone is 2. The quantitative estimate of drug-likeness (QED) is 0.682. The fraction of sp³-hybridized carbons (Fsp3) is 0.393. The highest BCUT2D eigenvalue weighted by Gasteiger charge is 2.42. The number of aryl methyl sites for hydroxylation is 2. The molecule has 1 aliphatic carbocycles. The molecule has 7 heteroatoms. The zero-order valence-corrected chi connectivity index (χ0v) is 20.2. The zero-order chi connectivity index (χ0) is 24.5. The smallest absolute Gasteiger partial charge is 0.253 e. The molecule has 1 N–H and O–H groups in total. The maximum atomic E-state index is 13.3. The van der Waals surface area contributed by atoms with E-state index in [0.717, 1.165) is 29.7 Å². The molecule has 2 aromatic carbocycles. The van der Waals surface area contributed by atoms with E-state index < -0.39 is 0 Å². The van der Waals surface area contributed by atoms with Crippen molar-refractivity contribution in [2.24, 2.45) is 11.8 Å². The highest BCUT2D eigenvalue weighted by molar-refractivity contribution is 6.05. The molecule has 5 rings (SSSR count). The summed E-state index contributed by atoms with van der Waals surface area (Å²) in [5.41, 5.74) is 5.99. The number of carbonyl (C=O) groups excluding carboxylic acids is 3. The first-order valence-electron chi connectivity index (χ1n) is 12.3. The van der Waals surface area contributed by atoms with Gasteiger partial charge in [-0.3, -0.25) is 19.8 Å². The van der Waals surface area contributed by atoms with Crippen LogP contribution in [-0.2, 0) is 9.59 Å². The molecule has 7 nitrogen and oxygen atoms in total. The van der Waals surface area contributed by atoms with E-state index in [-0.39, 0.29) is 35.7 Å². The third-order valence-electron chi connectivity index (χ3n) is 7.30. The van der Waals surface area contributed by atoms with Crippen molar-refractivity contribution in [3.63, 3.8) is 0 Å². The predicted molar refractivity (Wildman–Crippen MR) is 133 cm³/mol. The summed E-state index contributed by atoms with van der Waals surface area (Å²) in [6, 6.07) is 13.1. The van der Waals surface area contributed by atoms with Gasteiger partial charge in [0.2, 0.25) is 11.8 Å². The number of benzene rings is 2. The average molecular weight is 474 g/mol. The molecule has 0 saturated carbocycles. The lowest BCUT2D eigenvalue weighted by atomic mass is 9.80. The number of amides is 3. The molecule has 2 aromatic rings. The van der Waals surface area contributed by atoms with Crippen LogP contribution in [0.25, 0.3) is 0 Å². The van der Waals surface area contributed by atoms with E-state index in [1.807, 2.05) is 23.1 Å². The molecule has 35 heavy (non-hydrogen) atoms. The minimum absolute atomic E-state index is 0.0730. The molecule has 2 unspecified atom stereocenters. The third kappa shape index (κ3) is 4.55. The van der Waals surface area contributed by atoms with Crippen LogP contribution in [-0.4, -0.2) is 41.8 Å². The number of rotatable bonds is 4. The first-order chi connectivity index (χ1) is 16.9. The van der Waals surface area contributed by atoms with Crippen LogP contribution in [0.5, 0.6) is 5.75 Å². The van der Waals surface area contributed by atoms with Gasteiger partial charge >= 0.3 is 0 Å². The second kappa shape index (κ2) is 9.56. The van der Waals surface area contributed by atoms with Crippen molar-refractivity contribution < 1.29 is 19.1 Å². The topological polar surface area (TPSA) is 79.0 Å². The number of carbonyl (C=O) groups is 3. The fourth-order valence-corrected chi connectivity index (χ4v) is 5.27. The minimum atomic E-state index is -0.357. The van der Waals surface area contributed by atoms with Crippen LogP contribution >= 0.6 is 0 Å². The van der Waals surface area contributed by atoms with Gasteiger partial charge in [-0.1, -0.05) is 36.4 Å². The number of hydrazine groups is 1. The summed E-state index contributed by atoms with van der Waals surface area (Å²) < 4.78 is 6.29. The van der Waals surface area contributed by atoms with Gasteiger partial charge in [0.15, 0.2) is 0 Å². The van der Waals surface area contributed by atoms with E-state index in [2.05, 4.69) is 31.4 Å². The number of ether oxygens (including phenoxy) is 1. The summed E-state index contributed by atoms with van der Waals surface area (Å²) in [6.45, 7) is 5.31. The molecule has 2 fully saturated rings. The van der Waals surface area contributed by atoms with Crippen molar-refractivity contribution in [3.05, 3.63) is 71.3 Å². The Balaban J connectivity index is 1.25. The van der Waals surface area contributed by atoms with E-state index in [1.54, 1.807) is 24.3 Å². The Bertz CT molecular complexity index is 1160. The van der Waals surface area contributed by atoms with Crippen LogP contribution < -0.4 is 15.2 Å². The van der Waals surface area contributed by atoms with Crippen molar-refractivity contribution in [2.75, 3.05) is 18.1 Å². The molecule has 3 amide bonds. The summed E-state index contributed by atoms with van der Waals surface area (Å²) in [7, 11) is 0. The van der Waals surface area contributed by atoms with E-state index in [0.29, 0.717) is 37.2 Å². The molecule has 2 atom stereocenters. The van der Waals surface area contributed by atoms with Crippen molar-refractivity contribution in [2.45, 2.75) is 45.6 Å². The number of likely N-dealkylation sites (tertiary alicyclic amines) is 1.